The Labute approximate surface area is 363 Å². The van der Waals surface area contributed by atoms with E-state index in [9.17, 15) is 10.1 Å². The molecule has 0 radical (unpaired) electrons. The summed E-state index contributed by atoms with van der Waals surface area (Å²) in [5, 5.41) is 14.5. The minimum absolute atomic E-state index is 0.0309. The fourth-order valence-corrected chi connectivity index (χ4v) is 17.3. The first-order valence-electron chi connectivity index (χ1n) is 23.0. The molecule has 6 nitrogen and oxygen atoms in total. The van der Waals surface area contributed by atoms with Crippen LogP contribution in [0.4, 0.5) is 5.69 Å². The third kappa shape index (κ3) is 7.92. The van der Waals surface area contributed by atoms with Gasteiger partial charge in [-0.1, -0.05) is 169 Å². The predicted molar refractivity (Wildman–Crippen MR) is 251 cm³/mol. The Balaban J connectivity index is 1.15. The fraction of sp³-hybridized carbons (Fsp3) is 0.463. The maximum atomic E-state index is 15.4. The molecule has 8 atom stereocenters. The summed E-state index contributed by atoms with van der Waals surface area (Å²) in [6.45, 7) is 9.13. The SMILES string of the molecule is CC(C)CCC[C@@H](C)[C@@H]1CC[C@@H]2[C@H]3CC=C4C[C@@H](OC(=O)C(C(=O)c5cccc([N+](=O)[O-])c5)=P(c5ccccc5)(c5ccccc5)c5ccccc5)CC[C@]4(C)[C@@H]3CC[C@@]21C. The molecule has 0 amide bonds. The van der Waals surface area contributed by atoms with Crippen LogP contribution in [0.15, 0.2) is 127 Å². The Hall–Kier alpha value is -4.54. The van der Waals surface area contributed by atoms with Crippen LogP contribution in [-0.2, 0) is 9.53 Å². The summed E-state index contributed by atoms with van der Waals surface area (Å²) in [7, 11) is 0. The predicted octanol–water partition coefficient (Wildman–Crippen LogP) is 11.9. The van der Waals surface area contributed by atoms with Crippen LogP contribution in [0.5, 0.6) is 0 Å². The molecule has 0 aromatic heterocycles. The third-order valence-electron chi connectivity index (χ3n) is 16.0. The molecule has 7 heteroatoms. The zero-order valence-corrected chi connectivity index (χ0v) is 37.7. The van der Waals surface area contributed by atoms with Gasteiger partial charge in [0.1, 0.15) is 11.4 Å². The van der Waals surface area contributed by atoms with Gasteiger partial charge in [0, 0.05) is 24.1 Å². The molecule has 320 valence electrons. The van der Waals surface area contributed by atoms with E-state index >= 15 is 9.59 Å². The van der Waals surface area contributed by atoms with Crippen molar-refractivity contribution in [3.8, 4) is 0 Å². The number of benzene rings is 4. The van der Waals surface area contributed by atoms with E-state index in [1.807, 2.05) is 91.0 Å². The van der Waals surface area contributed by atoms with Crippen LogP contribution in [0.2, 0.25) is 0 Å². The fourth-order valence-electron chi connectivity index (χ4n) is 13.0. The van der Waals surface area contributed by atoms with Crippen LogP contribution in [-0.4, -0.2) is 28.1 Å². The zero-order valence-electron chi connectivity index (χ0n) is 36.8. The summed E-state index contributed by atoms with van der Waals surface area (Å²) in [6.07, 6.45) is 14.9. The van der Waals surface area contributed by atoms with Crippen molar-refractivity contribution in [1.82, 2.24) is 0 Å². The highest BCUT2D eigenvalue weighted by atomic mass is 31.2. The largest absolute Gasteiger partial charge is 0.458 e. The summed E-state index contributed by atoms with van der Waals surface area (Å²) in [5.74, 6) is 3.25. The molecule has 0 spiro atoms. The highest BCUT2D eigenvalue weighted by molar-refractivity contribution is 7.97. The summed E-state index contributed by atoms with van der Waals surface area (Å²) in [4.78, 5) is 42.2. The van der Waals surface area contributed by atoms with Crippen molar-refractivity contribution < 1.29 is 19.2 Å². The van der Waals surface area contributed by atoms with E-state index in [2.05, 4.69) is 40.7 Å². The number of fused-ring (bicyclic) bond motifs is 5. The van der Waals surface area contributed by atoms with Gasteiger partial charge < -0.3 is 4.74 Å². The van der Waals surface area contributed by atoms with Gasteiger partial charge in [-0.2, -0.15) is 0 Å². The number of rotatable bonds is 13. The average Bonchev–Trinajstić information content (AvgIpc) is 3.63. The standard InChI is InChI=1S/C54H64NO5P/c1-37(2)17-15-18-38(3)47-29-30-48-46-28-27-40-36-42(31-33-53(40,4)49(46)32-34-54(47,48)5)60-52(57)51(50(56)39-19-16-20-41(35-39)55(58)59)61(43-21-9-6-10-22-43,44-23-11-7-12-24-44)45-25-13-8-14-26-45/h6-14,16,19-27,35,37-38,42,46-49H,15,17-18,28-34,36H2,1-5H3/t38-,42+,46-,47+,48-,49-,53+,54-/m1/s1. The highest BCUT2D eigenvalue weighted by Gasteiger charge is 2.59. The molecular formula is C54H64NO5P. The number of carbonyl (C=O) groups excluding carboxylic acids is 2. The number of hydrogen-bond donors (Lipinski definition) is 0. The number of hydrogen-bond acceptors (Lipinski definition) is 5. The quantitative estimate of drug-likeness (QED) is 0.0255. The van der Waals surface area contributed by atoms with Gasteiger partial charge in [0.15, 0.2) is 0 Å². The van der Waals surface area contributed by atoms with E-state index < -0.39 is 29.7 Å². The Bertz CT molecular complexity index is 2220. The van der Waals surface area contributed by atoms with Crippen molar-refractivity contribution in [3.05, 3.63) is 143 Å². The molecule has 4 aromatic carbocycles. The molecule has 0 N–H and O–H groups in total. The molecule has 0 saturated heterocycles. The molecule has 3 saturated carbocycles. The number of ketones is 1. The first-order valence-corrected chi connectivity index (χ1v) is 24.8. The molecule has 4 aliphatic carbocycles. The van der Waals surface area contributed by atoms with E-state index in [4.69, 9.17) is 4.74 Å². The summed E-state index contributed by atoms with van der Waals surface area (Å²) < 4.78 is 6.70. The number of allylic oxidation sites excluding steroid dienone is 1. The normalized spacial score (nSPS) is 27.5. The molecule has 4 aromatic rings. The van der Waals surface area contributed by atoms with Gasteiger partial charge in [-0.25, -0.2) is 4.79 Å². The van der Waals surface area contributed by atoms with Crippen molar-refractivity contribution in [1.29, 1.82) is 0 Å². The van der Waals surface area contributed by atoms with Gasteiger partial charge in [0.25, 0.3) is 5.69 Å². The second-order valence-electron chi connectivity index (χ2n) is 19.7. The number of nitro benzene ring substituents is 1. The van der Waals surface area contributed by atoms with Crippen molar-refractivity contribution in [2.24, 2.45) is 46.3 Å². The lowest BCUT2D eigenvalue weighted by Gasteiger charge is -2.58. The third-order valence-corrected chi connectivity index (χ3v) is 20.3. The van der Waals surface area contributed by atoms with Crippen molar-refractivity contribution >= 4 is 45.5 Å². The summed E-state index contributed by atoms with van der Waals surface area (Å²) in [6, 6.07) is 35.1. The Morgan fingerprint density at radius 2 is 1.39 bits per heavy atom. The van der Waals surface area contributed by atoms with Crippen LogP contribution in [0.1, 0.15) is 116 Å². The summed E-state index contributed by atoms with van der Waals surface area (Å²) >= 11 is 0. The van der Waals surface area contributed by atoms with Gasteiger partial charge in [-0.3, -0.25) is 14.9 Å². The van der Waals surface area contributed by atoms with Crippen LogP contribution in [0, 0.1) is 56.5 Å². The maximum Gasteiger partial charge on any atom is 0.343 e. The van der Waals surface area contributed by atoms with Gasteiger partial charge in [-0.15, -0.1) is 0 Å². The van der Waals surface area contributed by atoms with Crippen LogP contribution >= 0.6 is 6.89 Å². The molecule has 8 rings (SSSR count). The first-order chi connectivity index (χ1) is 29.4. The number of nitro groups is 1. The van der Waals surface area contributed by atoms with E-state index in [-0.39, 0.29) is 22.0 Å². The molecule has 0 unspecified atom stereocenters. The van der Waals surface area contributed by atoms with Crippen LogP contribution < -0.4 is 15.9 Å². The molecule has 0 heterocycles. The maximum absolute atomic E-state index is 15.4. The summed E-state index contributed by atoms with van der Waals surface area (Å²) in [5.41, 5.74) is 1.78. The van der Waals surface area contributed by atoms with Crippen molar-refractivity contribution in [2.75, 3.05) is 0 Å². The Kier molecular flexibility index (Phi) is 12.5. The number of carbonyl (C=O) groups is 2. The first kappa shape index (κ1) is 43.1. The zero-order chi connectivity index (χ0) is 42.9. The lowest BCUT2D eigenvalue weighted by Crippen LogP contribution is -2.51. The number of non-ortho nitro benzene ring substituents is 1. The lowest BCUT2D eigenvalue weighted by molar-refractivity contribution is -0.384. The van der Waals surface area contributed by atoms with E-state index in [0.29, 0.717) is 23.7 Å². The average molecular weight is 838 g/mol. The number of nitrogens with zero attached hydrogens (tertiary/aromatic N) is 1. The van der Waals surface area contributed by atoms with E-state index in [1.54, 1.807) is 6.07 Å². The molecule has 0 aliphatic heterocycles. The Morgan fingerprint density at radius 1 is 0.770 bits per heavy atom. The number of esters is 1. The Morgan fingerprint density at radius 3 is 1.98 bits per heavy atom. The highest BCUT2D eigenvalue weighted by Crippen LogP contribution is 2.67. The number of Topliss-reactive ketones (excluding diaryl/α,β-unsaturated/α-hetero) is 1. The smallest absolute Gasteiger partial charge is 0.343 e. The molecule has 0 bridgehead atoms. The number of ether oxygens (including phenoxy) is 1. The van der Waals surface area contributed by atoms with E-state index in [1.165, 1.54) is 68.7 Å². The van der Waals surface area contributed by atoms with Gasteiger partial charge in [-0.05, 0) is 114 Å². The molecular weight excluding hydrogens is 774 g/mol. The molecule has 61 heavy (non-hydrogen) atoms. The minimum atomic E-state index is -3.24. The van der Waals surface area contributed by atoms with Gasteiger partial charge in [0.05, 0.1) is 4.92 Å². The lowest BCUT2D eigenvalue weighted by atomic mass is 9.47. The monoisotopic (exact) mass is 837 g/mol. The molecule has 3 fully saturated rings. The van der Waals surface area contributed by atoms with Crippen LogP contribution in [0.25, 0.3) is 0 Å². The minimum Gasteiger partial charge on any atom is -0.458 e. The van der Waals surface area contributed by atoms with Crippen molar-refractivity contribution in [3.63, 3.8) is 0 Å². The second kappa shape index (κ2) is 17.7. The topological polar surface area (TPSA) is 86.5 Å². The van der Waals surface area contributed by atoms with E-state index in [0.717, 1.165) is 58.8 Å². The molecule has 4 aliphatic rings. The van der Waals surface area contributed by atoms with Crippen molar-refractivity contribution in [2.45, 2.75) is 111 Å². The van der Waals surface area contributed by atoms with Crippen LogP contribution in [0.3, 0.4) is 0 Å². The van der Waals surface area contributed by atoms with Gasteiger partial charge >= 0.3 is 5.97 Å². The second-order valence-corrected chi connectivity index (χ2v) is 23.1. The van der Waals surface area contributed by atoms with Gasteiger partial charge in [0.2, 0.25) is 5.78 Å².